The van der Waals surface area contributed by atoms with Gasteiger partial charge in [0.05, 0.1) is 6.61 Å². The predicted octanol–water partition coefficient (Wildman–Crippen LogP) is 3.21. The fourth-order valence-corrected chi connectivity index (χ4v) is 2.03. The summed E-state index contributed by atoms with van der Waals surface area (Å²) in [7, 11) is 0. The van der Waals surface area contributed by atoms with E-state index >= 15 is 0 Å². The Labute approximate surface area is 150 Å². The summed E-state index contributed by atoms with van der Waals surface area (Å²) in [4.78, 5) is 23.2. The maximum Gasteiger partial charge on any atom is 0.408 e. The summed E-state index contributed by atoms with van der Waals surface area (Å²) < 4.78 is 39.5. The van der Waals surface area contributed by atoms with E-state index < -0.39 is 30.3 Å². The molecular formula is C17H23F2NO6. The molecule has 0 aromatic heterocycles. The maximum absolute atomic E-state index is 12.4. The molecule has 2 N–H and O–H groups in total. The lowest BCUT2D eigenvalue weighted by molar-refractivity contribution is -0.139. The van der Waals surface area contributed by atoms with Gasteiger partial charge in [-0.2, -0.15) is 8.78 Å². The van der Waals surface area contributed by atoms with Gasteiger partial charge in [-0.1, -0.05) is 6.07 Å². The lowest BCUT2D eigenvalue weighted by Crippen LogP contribution is -2.44. The van der Waals surface area contributed by atoms with Crippen molar-refractivity contribution in [2.24, 2.45) is 0 Å². The minimum atomic E-state index is -3.01. The van der Waals surface area contributed by atoms with Gasteiger partial charge in [-0.15, -0.1) is 0 Å². The number of carbonyl (C=O) groups excluding carboxylic acids is 1. The number of carboxylic acid groups (broad SMARTS) is 1. The van der Waals surface area contributed by atoms with E-state index in [1.165, 1.54) is 18.2 Å². The molecule has 1 atom stereocenters. The first-order valence-electron chi connectivity index (χ1n) is 7.94. The molecule has 1 unspecified atom stereocenters. The van der Waals surface area contributed by atoms with E-state index in [1.807, 2.05) is 0 Å². The van der Waals surface area contributed by atoms with Crippen LogP contribution in [0.2, 0.25) is 0 Å². The Morgan fingerprint density at radius 3 is 2.38 bits per heavy atom. The Bertz CT molecular complexity index is 630. The summed E-state index contributed by atoms with van der Waals surface area (Å²) >= 11 is 0. The zero-order valence-corrected chi connectivity index (χ0v) is 15.0. The smallest absolute Gasteiger partial charge is 0.408 e. The van der Waals surface area contributed by atoms with E-state index in [0.29, 0.717) is 5.56 Å². The van der Waals surface area contributed by atoms with Crippen molar-refractivity contribution in [3.63, 3.8) is 0 Å². The number of hydrogen-bond donors (Lipinski definition) is 2. The highest BCUT2D eigenvalue weighted by atomic mass is 19.3. The Balaban J connectivity index is 2.92. The third-order valence-electron chi connectivity index (χ3n) is 2.95. The van der Waals surface area contributed by atoms with E-state index in [0.717, 1.165) is 0 Å². The predicted molar refractivity (Wildman–Crippen MR) is 88.7 cm³/mol. The van der Waals surface area contributed by atoms with Gasteiger partial charge in [0, 0.05) is 6.42 Å². The number of nitrogens with one attached hydrogen (secondary N) is 1. The van der Waals surface area contributed by atoms with Gasteiger partial charge in [0.1, 0.15) is 11.6 Å². The van der Waals surface area contributed by atoms with Gasteiger partial charge in [0.2, 0.25) is 0 Å². The normalized spacial score (nSPS) is 12.4. The van der Waals surface area contributed by atoms with Crippen LogP contribution in [0.3, 0.4) is 0 Å². The van der Waals surface area contributed by atoms with Crippen LogP contribution in [-0.4, -0.2) is 42.0 Å². The molecule has 0 spiro atoms. The number of aliphatic carboxylic acids is 1. The second kappa shape index (κ2) is 9.21. The highest BCUT2D eigenvalue weighted by molar-refractivity contribution is 5.80. The van der Waals surface area contributed by atoms with Gasteiger partial charge in [-0.3, -0.25) is 0 Å². The molecule has 26 heavy (non-hydrogen) atoms. The second-order valence-electron chi connectivity index (χ2n) is 6.33. The van der Waals surface area contributed by atoms with Crippen molar-refractivity contribution in [1.29, 1.82) is 0 Å². The molecular weight excluding hydrogens is 352 g/mol. The quantitative estimate of drug-likeness (QED) is 0.725. The van der Waals surface area contributed by atoms with E-state index in [9.17, 15) is 23.5 Å². The van der Waals surface area contributed by atoms with Crippen LogP contribution in [0, 0.1) is 0 Å². The molecule has 9 heteroatoms. The van der Waals surface area contributed by atoms with Crippen molar-refractivity contribution in [3.05, 3.63) is 23.8 Å². The number of alkyl carbamates (subject to hydrolysis) is 1. The van der Waals surface area contributed by atoms with Gasteiger partial charge in [-0.05, 0) is 45.4 Å². The molecule has 0 aliphatic heterocycles. The summed E-state index contributed by atoms with van der Waals surface area (Å²) in [5.41, 5.74) is -0.317. The van der Waals surface area contributed by atoms with Crippen molar-refractivity contribution in [1.82, 2.24) is 5.32 Å². The molecule has 0 fully saturated rings. The van der Waals surface area contributed by atoms with E-state index in [1.54, 1.807) is 27.7 Å². The number of halogens is 2. The topological polar surface area (TPSA) is 94.1 Å². The highest BCUT2D eigenvalue weighted by Gasteiger charge is 2.25. The summed E-state index contributed by atoms with van der Waals surface area (Å²) in [6.45, 7) is 3.82. The molecule has 1 amide bonds. The average Bonchev–Trinajstić information content (AvgIpc) is 2.47. The first kappa shape index (κ1) is 21.5. The van der Waals surface area contributed by atoms with Crippen molar-refractivity contribution < 1.29 is 37.7 Å². The summed E-state index contributed by atoms with van der Waals surface area (Å²) in [6.07, 6.45) is -0.962. The highest BCUT2D eigenvalue weighted by Crippen LogP contribution is 2.30. The van der Waals surface area contributed by atoms with Gasteiger partial charge < -0.3 is 24.6 Å². The van der Waals surface area contributed by atoms with Crippen LogP contribution in [-0.2, 0) is 16.0 Å². The van der Waals surface area contributed by atoms with Crippen LogP contribution < -0.4 is 14.8 Å². The number of ether oxygens (including phenoxy) is 3. The number of benzene rings is 1. The zero-order valence-electron chi connectivity index (χ0n) is 15.0. The van der Waals surface area contributed by atoms with Crippen molar-refractivity contribution in [2.45, 2.75) is 52.4 Å². The van der Waals surface area contributed by atoms with Gasteiger partial charge in [-0.25, -0.2) is 9.59 Å². The number of alkyl halides is 2. The maximum atomic E-state index is 12.4. The fraction of sp³-hybridized carbons (Fsp3) is 0.529. The fourth-order valence-electron chi connectivity index (χ4n) is 2.03. The molecule has 0 bridgehead atoms. The lowest BCUT2D eigenvalue weighted by Gasteiger charge is -2.22. The number of rotatable bonds is 8. The van der Waals surface area contributed by atoms with E-state index in [2.05, 4.69) is 10.1 Å². The molecule has 0 saturated carbocycles. The van der Waals surface area contributed by atoms with Crippen LogP contribution >= 0.6 is 0 Å². The zero-order chi connectivity index (χ0) is 19.9. The largest absolute Gasteiger partial charge is 0.490 e. The van der Waals surface area contributed by atoms with Gasteiger partial charge in [0.15, 0.2) is 11.5 Å². The van der Waals surface area contributed by atoms with Crippen LogP contribution in [0.25, 0.3) is 0 Å². The Kier molecular flexibility index (Phi) is 7.60. The van der Waals surface area contributed by atoms with Crippen LogP contribution in [0.4, 0.5) is 13.6 Å². The Hall–Kier alpha value is -2.58. The minimum absolute atomic E-state index is 0.0618. The molecule has 0 radical (unpaired) electrons. The summed E-state index contributed by atoms with van der Waals surface area (Å²) in [5, 5.41) is 11.6. The average molecular weight is 375 g/mol. The molecule has 0 saturated heterocycles. The molecule has 0 heterocycles. The summed E-state index contributed by atoms with van der Waals surface area (Å²) in [5.74, 6) is -1.36. The van der Waals surface area contributed by atoms with Crippen LogP contribution in [0.1, 0.15) is 33.3 Å². The van der Waals surface area contributed by atoms with Crippen LogP contribution in [0.15, 0.2) is 18.2 Å². The molecule has 1 aromatic carbocycles. The van der Waals surface area contributed by atoms with Gasteiger partial charge in [0.25, 0.3) is 0 Å². The monoisotopic (exact) mass is 375 g/mol. The first-order valence-corrected chi connectivity index (χ1v) is 7.94. The molecule has 1 aromatic rings. The van der Waals surface area contributed by atoms with Crippen molar-refractivity contribution in [2.75, 3.05) is 6.61 Å². The SMILES string of the molecule is CCOc1cc(CC(NC(=O)OC(C)(C)C)C(=O)O)ccc1OC(F)F. The van der Waals surface area contributed by atoms with Gasteiger partial charge >= 0.3 is 18.7 Å². The molecule has 7 nitrogen and oxygen atoms in total. The molecule has 1 rings (SSSR count). The van der Waals surface area contributed by atoms with Crippen LogP contribution in [0.5, 0.6) is 11.5 Å². The number of amides is 1. The molecule has 146 valence electrons. The number of carbonyl (C=O) groups is 2. The van der Waals surface area contributed by atoms with Crippen molar-refractivity contribution in [3.8, 4) is 11.5 Å². The number of carboxylic acids is 1. The van der Waals surface area contributed by atoms with Crippen molar-refractivity contribution >= 4 is 12.1 Å². The van der Waals surface area contributed by atoms with E-state index in [4.69, 9.17) is 9.47 Å². The third kappa shape index (κ3) is 7.54. The minimum Gasteiger partial charge on any atom is -0.490 e. The lowest BCUT2D eigenvalue weighted by atomic mass is 10.1. The first-order chi connectivity index (χ1) is 12.0. The standard InChI is InChI=1S/C17H23F2NO6/c1-5-24-13-9-10(6-7-12(13)25-15(18)19)8-11(14(21)22)20-16(23)26-17(2,3)4/h6-7,9,11,15H,5,8H2,1-4H3,(H,20,23)(H,21,22). The number of hydrogen-bond acceptors (Lipinski definition) is 5. The molecule has 0 aliphatic rings. The van der Waals surface area contributed by atoms with E-state index in [-0.39, 0.29) is 24.5 Å². The Morgan fingerprint density at radius 2 is 1.88 bits per heavy atom. The third-order valence-corrected chi connectivity index (χ3v) is 2.95. The second-order valence-corrected chi connectivity index (χ2v) is 6.33. The Morgan fingerprint density at radius 1 is 1.23 bits per heavy atom. The summed E-state index contributed by atoms with van der Waals surface area (Å²) in [6, 6.07) is 2.82. The molecule has 0 aliphatic carbocycles.